The number of hydrogen-bond donors (Lipinski definition) is 1. The monoisotopic (exact) mass is 308 g/mol. The van der Waals surface area contributed by atoms with Crippen LogP contribution in [0.25, 0.3) is 10.9 Å². The van der Waals surface area contributed by atoms with E-state index in [9.17, 15) is 23.3 Å². The number of nitrogens with zero attached hydrogens (tertiary/aromatic N) is 3. The van der Waals surface area contributed by atoms with Crippen molar-refractivity contribution in [3.63, 3.8) is 0 Å². The second-order valence-corrected chi connectivity index (χ2v) is 4.33. The maximum absolute atomic E-state index is 12.5. The third-order valence-electron chi connectivity index (χ3n) is 2.58. The van der Waals surface area contributed by atoms with Crippen LogP contribution in [0.2, 0.25) is 5.02 Å². The van der Waals surface area contributed by atoms with Crippen molar-refractivity contribution in [2.24, 2.45) is 0 Å². The van der Waals surface area contributed by atoms with Gasteiger partial charge in [0.2, 0.25) is 0 Å². The minimum atomic E-state index is -4.56. The summed E-state index contributed by atoms with van der Waals surface area (Å²) in [6, 6.07) is 2.31. The van der Waals surface area contributed by atoms with Crippen LogP contribution in [0, 0.1) is 10.1 Å². The molecule has 0 spiro atoms. The fraction of sp³-hybridized carbons (Fsp3) is 0.300. The van der Waals surface area contributed by atoms with Gasteiger partial charge in [0.1, 0.15) is 12.1 Å². The van der Waals surface area contributed by atoms with Crippen LogP contribution in [0.15, 0.2) is 12.1 Å². The van der Waals surface area contributed by atoms with Crippen LogP contribution in [0.5, 0.6) is 0 Å². The molecule has 0 amide bonds. The average Bonchev–Trinajstić information content (AvgIpc) is 2.67. The molecular weight excluding hydrogens is 301 g/mol. The number of nitro groups is 1. The molecule has 0 unspecified atom stereocenters. The van der Waals surface area contributed by atoms with Crippen LogP contribution in [0.1, 0.15) is 0 Å². The Kier molecular flexibility index (Phi) is 3.46. The second kappa shape index (κ2) is 4.82. The van der Waals surface area contributed by atoms with E-state index in [1.54, 1.807) is 0 Å². The Morgan fingerprint density at radius 1 is 1.50 bits per heavy atom. The van der Waals surface area contributed by atoms with Crippen molar-refractivity contribution in [1.82, 2.24) is 9.78 Å². The van der Waals surface area contributed by atoms with E-state index < -0.39 is 23.3 Å². The number of benzene rings is 1. The van der Waals surface area contributed by atoms with E-state index in [-0.39, 0.29) is 21.7 Å². The quantitative estimate of drug-likeness (QED) is 0.698. The molecule has 0 aliphatic rings. The number of hydrogen-bond acceptors (Lipinski definition) is 4. The summed E-state index contributed by atoms with van der Waals surface area (Å²) in [7, 11) is 1.44. The number of rotatable bonds is 3. The molecule has 1 N–H and O–H groups in total. The van der Waals surface area contributed by atoms with Crippen LogP contribution in [0.3, 0.4) is 0 Å². The highest BCUT2D eigenvalue weighted by Gasteiger charge is 2.32. The molecule has 0 atom stereocenters. The predicted octanol–water partition coefficient (Wildman–Crippen LogP) is 3.20. The van der Waals surface area contributed by atoms with Crippen molar-refractivity contribution in [3.05, 3.63) is 27.3 Å². The zero-order valence-electron chi connectivity index (χ0n) is 10.0. The minimum absolute atomic E-state index is 0.0537. The molecule has 0 aliphatic carbocycles. The number of alkyl halides is 3. The van der Waals surface area contributed by atoms with Crippen LogP contribution in [0.4, 0.5) is 24.7 Å². The smallest absolute Gasteiger partial charge is 0.371 e. The zero-order chi connectivity index (χ0) is 15.1. The highest BCUT2D eigenvalue weighted by atomic mass is 35.5. The van der Waals surface area contributed by atoms with Crippen LogP contribution < -0.4 is 5.32 Å². The molecule has 108 valence electrons. The van der Waals surface area contributed by atoms with E-state index in [0.29, 0.717) is 4.68 Å². The minimum Gasteiger partial charge on any atom is -0.371 e. The summed E-state index contributed by atoms with van der Waals surface area (Å²) < 4.78 is 38.1. The number of aromatic nitrogens is 2. The topological polar surface area (TPSA) is 73.0 Å². The second-order valence-electron chi connectivity index (χ2n) is 3.92. The lowest BCUT2D eigenvalue weighted by atomic mass is 10.2. The Hall–Kier alpha value is -2.03. The molecule has 0 aliphatic heterocycles. The van der Waals surface area contributed by atoms with Gasteiger partial charge in [-0.3, -0.25) is 10.1 Å². The SMILES string of the molecule is CNc1nn(CC(F)(F)F)c2c([N+](=O)[O-])ccc(Cl)c12. The number of fused-ring (bicyclic) bond motifs is 1. The molecule has 2 aromatic rings. The Labute approximate surface area is 115 Å². The Morgan fingerprint density at radius 2 is 2.15 bits per heavy atom. The van der Waals surface area contributed by atoms with Crippen molar-refractivity contribution >= 4 is 34.0 Å². The van der Waals surface area contributed by atoms with E-state index in [0.717, 1.165) is 6.07 Å². The summed E-state index contributed by atoms with van der Waals surface area (Å²) in [5, 5.41) is 17.4. The van der Waals surface area contributed by atoms with Gasteiger partial charge in [0, 0.05) is 13.1 Å². The molecule has 0 bridgehead atoms. The molecule has 6 nitrogen and oxygen atoms in total. The van der Waals surface area contributed by atoms with Gasteiger partial charge in [-0.25, -0.2) is 4.68 Å². The van der Waals surface area contributed by atoms with Gasteiger partial charge < -0.3 is 5.32 Å². The molecule has 0 fully saturated rings. The van der Waals surface area contributed by atoms with Crippen LogP contribution >= 0.6 is 11.6 Å². The highest BCUT2D eigenvalue weighted by Crippen LogP contribution is 2.37. The van der Waals surface area contributed by atoms with Gasteiger partial charge in [-0.1, -0.05) is 11.6 Å². The third-order valence-corrected chi connectivity index (χ3v) is 2.90. The van der Waals surface area contributed by atoms with E-state index >= 15 is 0 Å². The molecule has 1 heterocycles. The Morgan fingerprint density at radius 3 is 2.65 bits per heavy atom. The zero-order valence-corrected chi connectivity index (χ0v) is 10.8. The van der Waals surface area contributed by atoms with Crippen molar-refractivity contribution < 1.29 is 18.1 Å². The number of nitro benzene ring substituents is 1. The molecule has 0 saturated carbocycles. The van der Waals surface area contributed by atoms with Crippen molar-refractivity contribution in [1.29, 1.82) is 0 Å². The molecule has 0 radical (unpaired) electrons. The first-order valence-electron chi connectivity index (χ1n) is 5.32. The Balaban J connectivity index is 2.81. The molecule has 20 heavy (non-hydrogen) atoms. The molecule has 1 aromatic heterocycles. The fourth-order valence-electron chi connectivity index (χ4n) is 1.87. The van der Waals surface area contributed by atoms with Gasteiger partial charge in [-0.2, -0.15) is 18.3 Å². The number of halogens is 4. The molecule has 10 heteroatoms. The summed E-state index contributed by atoms with van der Waals surface area (Å²) >= 11 is 5.91. The van der Waals surface area contributed by atoms with Gasteiger partial charge in [0.05, 0.1) is 15.3 Å². The summed E-state index contributed by atoms with van der Waals surface area (Å²) in [6.07, 6.45) is -4.56. The van der Waals surface area contributed by atoms with Gasteiger partial charge in [-0.05, 0) is 6.07 Å². The maximum atomic E-state index is 12.5. The number of non-ortho nitro benzene ring substituents is 1. The normalized spacial score (nSPS) is 11.8. The number of anilines is 1. The highest BCUT2D eigenvalue weighted by molar-refractivity contribution is 6.36. The molecule has 0 saturated heterocycles. The van der Waals surface area contributed by atoms with Gasteiger partial charge >= 0.3 is 6.18 Å². The lowest BCUT2D eigenvalue weighted by Gasteiger charge is -2.07. The largest absolute Gasteiger partial charge is 0.408 e. The van der Waals surface area contributed by atoms with Gasteiger partial charge in [0.25, 0.3) is 5.69 Å². The van der Waals surface area contributed by atoms with E-state index in [2.05, 4.69) is 10.4 Å². The molecule has 2 rings (SSSR count). The van der Waals surface area contributed by atoms with E-state index in [1.807, 2.05) is 0 Å². The first-order valence-corrected chi connectivity index (χ1v) is 5.70. The summed E-state index contributed by atoms with van der Waals surface area (Å²) in [5.41, 5.74) is -0.744. The maximum Gasteiger partial charge on any atom is 0.408 e. The van der Waals surface area contributed by atoms with E-state index in [4.69, 9.17) is 11.6 Å². The molecule has 1 aromatic carbocycles. The standard InChI is InChI=1S/C10H8ClF3N4O2/c1-15-9-7-5(11)2-3-6(18(19)20)8(7)17(16-9)4-10(12,13)14/h2-3H,4H2,1H3,(H,15,16). The third kappa shape index (κ3) is 2.48. The summed E-state index contributed by atoms with van der Waals surface area (Å²) in [6.45, 7) is -1.44. The lowest BCUT2D eigenvalue weighted by molar-refractivity contribution is -0.383. The van der Waals surface area contributed by atoms with Crippen LogP contribution in [-0.4, -0.2) is 27.9 Å². The summed E-state index contributed by atoms with van der Waals surface area (Å²) in [4.78, 5) is 10.2. The number of nitrogens with one attached hydrogen (secondary N) is 1. The van der Waals surface area contributed by atoms with Crippen LogP contribution in [-0.2, 0) is 6.54 Å². The van der Waals surface area contributed by atoms with Gasteiger partial charge in [0.15, 0.2) is 5.82 Å². The van der Waals surface area contributed by atoms with Crippen molar-refractivity contribution in [3.8, 4) is 0 Å². The summed E-state index contributed by atoms with van der Waals surface area (Å²) in [5.74, 6) is 0.0537. The Bertz CT molecular complexity index is 683. The molecular formula is C10H8ClF3N4O2. The fourth-order valence-corrected chi connectivity index (χ4v) is 2.11. The van der Waals surface area contributed by atoms with Crippen molar-refractivity contribution in [2.45, 2.75) is 12.7 Å². The lowest BCUT2D eigenvalue weighted by Crippen LogP contribution is -2.19. The first kappa shape index (κ1) is 14.4. The average molecular weight is 309 g/mol. The van der Waals surface area contributed by atoms with E-state index in [1.165, 1.54) is 13.1 Å². The predicted molar refractivity (Wildman–Crippen MR) is 67.0 cm³/mol. The first-order chi connectivity index (χ1) is 9.24. The van der Waals surface area contributed by atoms with Crippen molar-refractivity contribution in [2.75, 3.05) is 12.4 Å². The van der Waals surface area contributed by atoms with Gasteiger partial charge in [-0.15, -0.1) is 0 Å².